The van der Waals surface area contributed by atoms with Crippen LogP contribution in [0.2, 0.25) is 0 Å². The van der Waals surface area contributed by atoms with Crippen LogP contribution in [0.4, 0.5) is 0 Å². The minimum atomic E-state index is 0.690. The largest absolute Gasteiger partial charge is 0.0836 e. The first kappa shape index (κ1) is 7.07. The Morgan fingerprint density at radius 1 is 1.67 bits per heavy atom. The molecule has 1 atom stereocenters. The van der Waals surface area contributed by atoms with Crippen LogP contribution in [-0.2, 0) is 0 Å². The zero-order chi connectivity index (χ0) is 6.85. The lowest BCUT2D eigenvalue weighted by Crippen LogP contribution is -1.97. The normalized spacial score (nSPS) is 27.2. The molecule has 0 aliphatic heterocycles. The van der Waals surface area contributed by atoms with Crippen molar-refractivity contribution in [1.29, 1.82) is 0 Å². The van der Waals surface area contributed by atoms with Crippen LogP contribution in [-0.4, -0.2) is 0 Å². The number of rotatable bonds is 0. The lowest BCUT2D eigenvalue weighted by Gasteiger charge is -2.14. The van der Waals surface area contributed by atoms with Crippen molar-refractivity contribution in [2.45, 2.75) is 20.3 Å². The van der Waals surface area contributed by atoms with Crippen LogP contribution in [0.5, 0.6) is 0 Å². The van der Waals surface area contributed by atoms with Crippen LogP contribution in [0.3, 0.4) is 0 Å². The van der Waals surface area contributed by atoms with E-state index < -0.39 is 0 Å². The SMILES string of the molecule is CC1=C(Br)C(C)CC=C1. The maximum atomic E-state index is 3.55. The van der Waals surface area contributed by atoms with Crippen LogP contribution in [0.25, 0.3) is 0 Å². The molecule has 0 amide bonds. The molecule has 0 bridgehead atoms. The van der Waals surface area contributed by atoms with E-state index in [0.717, 1.165) is 0 Å². The maximum Gasteiger partial charge on any atom is 0.00110 e. The molecule has 1 heteroatoms. The molecule has 1 rings (SSSR count). The summed E-state index contributed by atoms with van der Waals surface area (Å²) in [6.07, 6.45) is 5.58. The van der Waals surface area contributed by atoms with Gasteiger partial charge in [0.1, 0.15) is 0 Å². The molecule has 0 aromatic carbocycles. The second kappa shape index (κ2) is 2.70. The van der Waals surface area contributed by atoms with Crippen LogP contribution in [0.1, 0.15) is 20.3 Å². The molecule has 0 radical (unpaired) electrons. The van der Waals surface area contributed by atoms with Gasteiger partial charge in [0.25, 0.3) is 0 Å². The molecule has 0 fully saturated rings. The van der Waals surface area contributed by atoms with E-state index in [2.05, 4.69) is 41.9 Å². The predicted molar refractivity (Wildman–Crippen MR) is 44.5 cm³/mol. The van der Waals surface area contributed by atoms with Gasteiger partial charge in [0.2, 0.25) is 0 Å². The Kier molecular flexibility index (Phi) is 2.12. The molecular weight excluding hydrogens is 176 g/mol. The highest BCUT2D eigenvalue weighted by molar-refractivity contribution is 9.11. The van der Waals surface area contributed by atoms with Gasteiger partial charge in [0.05, 0.1) is 0 Å². The van der Waals surface area contributed by atoms with E-state index in [1.54, 1.807) is 0 Å². The zero-order valence-electron chi connectivity index (χ0n) is 5.82. The smallest absolute Gasteiger partial charge is 0.00110 e. The Hall–Kier alpha value is -0.0400. The molecule has 0 N–H and O–H groups in total. The van der Waals surface area contributed by atoms with Gasteiger partial charge in [0.15, 0.2) is 0 Å². The Labute approximate surface area is 64.8 Å². The topological polar surface area (TPSA) is 0 Å². The van der Waals surface area contributed by atoms with Crippen LogP contribution < -0.4 is 0 Å². The van der Waals surface area contributed by atoms with E-state index >= 15 is 0 Å². The van der Waals surface area contributed by atoms with Gasteiger partial charge in [-0.25, -0.2) is 0 Å². The highest BCUT2D eigenvalue weighted by Gasteiger charge is 2.09. The van der Waals surface area contributed by atoms with Crippen LogP contribution in [0, 0.1) is 5.92 Å². The summed E-state index contributed by atoms with van der Waals surface area (Å²) in [4.78, 5) is 0. The van der Waals surface area contributed by atoms with Crippen molar-refractivity contribution in [3.05, 3.63) is 22.2 Å². The third kappa shape index (κ3) is 1.45. The second-order valence-corrected chi connectivity index (χ2v) is 3.42. The summed E-state index contributed by atoms with van der Waals surface area (Å²) in [5.41, 5.74) is 1.37. The number of halogens is 1. The molecule has 9 heavy (non-hydrogen) atoms. The first-order chi connectivity index (χ1) is 4.22. The second-order valence-electron chi connectivity index (χ2n) is 2.57. The van der Waals surface area contributed by atoms with Crippen molar-refractivity contribution in [3.63, 3.8) is 0 Å². The Balaban J connectivity index is 2.83. The predicted octanol–water partition coefficient (Wildman–Crippen LogP) is 3.25. The van der Waals surface area contributed by atoms with Gasteiger partial charge in [0, 0.05) is 4.48 Å². The number of hydrogen-bond donors (Lipinski definition) is 0. The first-order valence-corrected chi connectivity index (χ1v) is 4.04. The van der Waals surface area contributed by atoms with Gasteiger partial charge in [-0.2, -0.15) is 0 Å². The first-order valence-electron chi connectivity index (χ1n) is 3.24. The number of allylic oxidation sites excluding steroid dienone is 4. The fourth-order valence-corrected chi connectivity index (χ4v) is 1.34. The van der Waals surface area contributed by atoms with E-state index in [1.807, 2.05) is 0 Å². The quantitative estimate of drug-likeness (QED) is 0.546. The van der Waals surface area contributed by atoms with E-state index in [4.69, 9.17) is 0 Å². The monoisotopic (exact) mass is 186 g/mol. The lowest BCUT2D eigenvalue weighted by molar-refractivity contribution is 0.719. The van der Waals surface area contributed by atoms with Crippen molar-refractivity contribution >= 4 is 15.9 Å². The zero-order valence-corrected chi connectivity index (χ0v) is 7.40. The van der Waals surface area contributed by atoms with Crippen LogP contribution in [0.15, 0.2) is 22.2 Å². The summed E-state index contributed by atoms with van der Waals surface area (Å²) in [5, 5.41) is 0. The summed E-state index contributed by atoms with van der Waals surface area (Å²) in [6, 6.07) is 0. The molecule has 0 aromatic rings. The molecule has 1 aliphatic carbocycles. The van der Waals surface area contributed by atoms with Gasteiger partial charge < -0.3 is 0 Å². The van der Waals surface area contributed by atoms with E-state index in [0.29, 0.717) is 5.92 Å². The van der Waals surface area contributed by atoms with E-state index in [1.165, 1.54) is 16.5 Å². The van der Waals surface area contributed by atoms with Gasteiger partial charge in [-0.15, -0.1) is 0 Å². The molecular formula is C8H11Br. The maximum absolute atomic E-state index is 3.55. The minimum Gasteiger partial charge on any atom is -0.0836 e. The highest BCUT2D eigenvalue weighted by atomic mass is 79.9. The van der Waals surface area contributed by atoms with Crippen LogP contribution >= 0.6 is 15.9 Å². The molecule has 0 saturated carbocycles. The Bertz CT molecular complexity index is 165. The van der Waals surface area contributed by atoms with E-state index in [9.17, 15) is 0 Å². The van der Waals surface area contributed by atoms with Crippen molar-refractivity contribution < 1.29 is 0 Å². The highest BCUT2D eigenvalue weighted by Crippen LogP contribution is 2.28. The average Bonchev–Trinajstić information content (AvgIpc) is 1.83. The Morgan fingerprint density at radius 3 is 2.78 bits per heavy atom. The lowest BCUT2D eigenvalue weighted by atomic mass is 9.99. The third-order valence-corrected chi connectivity index (χ3v) is 3.07. The van der Waals surface area contributed by atoms with Crippen molar-refractivity contribution in [3.8, 4) is 0 Å². The van der Waals surface area contributed by atoms with Gasteiger partial charge in [-0.3, -0.25) is 0 Å². The average molecular weight is 187 g/mol. The van der Waals surface area contributed by atoms with Crippen molar-refractivity contribution in [2.24, 2.45) is 5.92 Å². The van der Waals surface area contributed by atoms with Gasteiger partial charge >= 0.3 is 0 Å². The Morgan fingerprint density at radius 2 is 2.33 bits per heavy atom. The van der Waals surface area contributed by atoms with Crippen molar-refractivity contribution in [2.75, 3.05) is 0 Å². The fourth-order valence-electron chi connectivity index (χ4n) is 1.02. The van der Waals surface area contributed by atoms with Gasteiger partial charge in [-0.05, 0) is 24.8 Å². The minimum absolute atomic E-state index is 0.690. The summed E-state index contributed by atoms with van der Waals surface area (Å²) in [6.45, 7) is 4.37. The molecule has 0 heterocycles. The summed E-state index contributed by atoms with van der Waals surface area (Å²) >= 11 is 3.55. The third-order valence-electron chi connectivity index (χ3n) is 1.67. The molecule has 50 valence electrons. The molecule has 1 unspecified atom stereocenters. The molecule has 0 saturated heterocycles. The molecule has 0 aromatic heterocycles. The molecule has 0 nitrogen and oxygen atoms in total. The molecule has 0 spiro atoms. The fraction of sp³-hybridized carbons (Fsp3) is 0.500. The van der Waals surface area contributed by atoms with E-state index in [-0.39, 0.29) is 0 Å². The summed E-state index contributed by atoms with van der Waals surface area (Å²) in [7, 11) is 0. The summed E-state index contributed by atoms with van der Waals surface area (Å²) < 4.78 is 1.37. The van der Waals surface area contributed by atoms with Crippen molar-refractivity contribution in [1.82, 2.24) is 0 Å². The molecule has 1 aliphatic rings. The standard InChI is InChI=1S/C8H11Br/c1-6-4-3-5-7(2)8(6)9/h3-4,7H,5H2,1-2H3. The number of hydrogen-bond acceptors (Lipinski definition) is 0. The summed E-state index contributed by atoms with van der Waals surface area (Å²) in [5.74, 6) is 0.690. The van der Waals surface area contributed by atoms with Gasteiger partial charge in [-0.1, -0.05) is 35.0 Å².